The fourth-order valence-corrected chi connectivity index (χ4v) is 2.68. The van der Waals surface area contributed by atoms with Gasteiger partial charge in [0.1, 0.15) is 0 Å². The molecular weight excluding hydrogens is 326 g/mol. The van der Waals surface area contributed by atoms with Crippen molar-refractivity contribution in [3.8, 4) is 0 Å². The Morgan fingerprint density at radius 3 is 2.62 bits per heavy atom. The molecule has 122 valence electrons. The second-order valence-electron chi connectivity index (χ2n) is 5.47. The second kappa shape index (κ2) is 6.84. The van der Waals surface area contributed by atoms with Crippen LogP contribution in [0, 0.1) is 0 Å². The standard InChI is InChI=1S/C18H16ClN3O2/c1-12(23)13-5-7-14(8-6-13)21-18(24)9-10-22-17-4-2-3-16(19)15(17)11-20-22/h2-8,11H,9-10H2,1H3,(H,21,24). The number of Topliss-reactive ketones (excluding diaryl/α,β-unsaturated/α-hetero) is 1. The summed E-state index contributed by atoms with van der Waals surface area (Å²) < 4.78 is 1.76. The molecule has 0 unspecified atom stereocenters. The minimum Gasteiger partial charge on any atom is -0.326 e. The van der Waals surface area contributed by atoms with Crippen molar-refractivity contribution < 1.29 is 9.59 Å². The van der Waals surface area contributed by atoms with Crippen LogP contribution in [-0.2, 0) is 11.3 Å². The SMILES string of the molecule is CC(=O)c1ccc(NC(=O)CCn2ncc3c(Cl)cccc32)cc1. The average molecular weight is 342 g/mol. The zero-order valence-electron chi connectivity index (χ0n) is 13.1. The highest BCUT2D eigenvalue weighted by Gasteiger charge is 2.08. The highest BCUT2D eigenvalue weighted by Crippen LogP contribution is 2.22. The molecular formula is C18H16ClN3O2. The van der Waals surface area contributed by atoms with Crippen molar-refractivity contribution in [2.24, 2.45) is 0 Å². The van der Waals surface area contributed by atoms with Crippen LogP contribution < -0.4 is 5.32 Å². The number of benzene rings is 2. The number of carbonyl (C=O) groups is 2. The number of anilines is 1. The van der Waals surface area contributed by atoms with E-state index in [2.05, 4.69) is 10.4 Å². The number of hydrogen-bond acceptors (Lipinski definition) is 3. The maximum atomic E-state index is 12.1. The van der Waals surface area contributed by atoms with Crippen molar-refractivity contribution in [2.45, 2.75) is 19.9 Å². The summed E-state index contributed by atoms with van der Waals surface area (Å²) in [5.74, 6) is -0.117. The van der Waals surface area contributed by atoms with Gasteiger partial charge in [-0.3, -0.25) is 14.3 Å². The highest BCUT2D eigenvalue weighted by atomic mass is 35.5. The summed E-state index contributed by atoms with van der Waals surface area (Å²) >= 11 is 6.12. The van der Waals surface area contributed by atoms with Gasteiger partial charge in [0.15, 0.2) is 5.78 Å². The predicted octanol–water partition coefficient (Wildman–Crippen LogP) is 3.92. The number of ketones is 1. The van der Waals surface area contributed by atoms with Crippen LogP contribution in [0.3, 0.4) is 0 Å². The number of aryl methyl sites for hydroxylation is 1. The van der Waals surface area contributed by atoms with Gasteiger partial charge in [-0.05, 0) is 43.3 Å². The summed E-state index contributed by atoms with van der Waals surface area (Å²) in [4.78, 5) is 23.3. The van der Waals surface area contributed by atoms with Crippen molar-refractivity contribution in [3.63, 3.8) is 0 Å². The van der Waals surface area contributed by atoms with Crippen LogP contribution in [0.25, 0.3) is 10.9 Å². The summed E-state index contributed by atoms with van der Waals surface area (Å²) in [5.41, 5.74) is 2.19. The van der Waals surface area contributed by atoms with Gasteiger partial charge in [-0.25, -0.2) is 0 Å². The summed E-state index contributed by atoms with van der Waals surface area (Å²) in [5, 5.41) is 8.61. The molecule has 24 heavy (non-hydrogen) atoms. The van der Waals surface area contributed by atoms with Gasteiger partial charge in [0, 0.05) is 23.1 Å². The van der Waals surface area contributed by atoms with E-state index in [-0.39, 0.29) is 18.1 Å². The van der Waals surface area contributed by atoms with Gasteiger partial charge in [0.25, 0.3) is 0 Å². The van der Waals surface area contributed by atoms with Crippen LogP contribution in [-0.4, -0.2) is 21.5 Å². The van der Waals surface area contributed by atoms with E-state index in [1.54, 1.807) is 35.1 Å². The molecule has 0 radical (unpaired) electrons. The molecule has 1 aromatic heterocycles. The number of nitrogens with one attached hydrogen (secondary N) is 1. The van der Waals surface area contributed by atoms with Gasteiger partial charge in [0.05, 0.1) is 23.3 Å². The van der Waals surface area contributed by atoms with Crippen LogP contribution in [0.15, 0.2) is 48.7 Å². The molecule has 6 heteroatoms. The zero-order chi connectivity index (χ0) is 17.1. The molecule has 0 fully saturated rings. The van der Waals surface area contributed by atoms with Gasteiger partial charge < -0.3 is 5.32 Å². The fourth-order valence-electron chi connectivity index (χ4n) is 2.47. The first kappa shape index (κ1) is 16.2. The average Bonchev–Trinajstić information content (AvgIpc) is 2.98. The van der Waals surface area contributed by atoms with Gasteiger partial charge in [0.2, 0.25) is 5.91 Å². The maximum Gasteiger partial charge on any atom is 0.226 e. The lowest BCUT2D eigenvalue weighted by molar-refractivity contribution is -0.116. The van der Waals surface area contributed by atoms with E-state index in [9.17, 15) is 9.59 Å². The molecule has 0 saturated carbocycles. The number of carbonyl (C=O) groups excluding carboxylic acids is 2. The molecule has 0 aliphatic heterocycles. The minimum absolute atomic E-state index is 0.00269. The topological polar surface area (TPSA) is 64.0 Å². The number of rotatable bonds is 5. The Labute approximate surface area is 144 Å². The molecule has 1 N–H and O–H groups in total. The van der Waals surface area contributed by atoms with Crippen molar-refractivity contribution in [1.82, 2.24) is 9.78 Å². The van der Waals surface area contributed by atoms with Gasteiger partial charge in [-0.2, -0.15) is 5.10 Å². The molecule has 0 spiro atoms. The zero-order valence-corrected chi connectivity index (χ0v) is 13.9. The molecule has 0 aliphatic rings. The lowest BCUT2D eigenvalue weighted by atomic mass is 10.1. The third kappa shape index (κ3) is 3.46. The van der Waals surface area contributed by atoms with E-state index in [0.717, 1.165) is 10.9 Å². The van der Waals surface area contributed by atoms with Crippen molar-refractivity contribution in [1.29, 1.82) is 0 Å². The van der Waals surface area contributed by atoms with Crippen molar-refractivity contribution >= 4 is 39.9 Å². The quantitative estimate of drug-likeness (QED) is 0.715. The summed E-state index contributed by atoms with van der Waals surface area (Å²) in [7, 11) is 0. The molecule has 3 aromatic rings. The van der Waals surface area contributed by atoms with E-state index in [1.165, 1.54) is 6.92 Å². The normalized spacial score (nSPS) is 10.8. The molecule has 1 heterocycles. The van der Waals surface area contributed by atoms with Crippen LogP contribution >= 0.6 is 11.6 Å². The van der Waals surface area contributed by atoms with Crippen LogP contribution in [0.5, 0.6) is 0 Å². The lowest BCUT2D eigenvalue weighted by Crippen LogP contribution is -2.15. The second-order valence-corrected chi connectivity index (χ2v) is 5.88. The molecule has 2 aromatic carbocycles. The maximum absolute atomic E-state index is 12.1. The minimum atomic E-state index is -0.115. The Hall–Kier alpha value is -2.66. The predicted molar refractivity (Wildman–Crippen MR) is 94.4 cm³/mol. The number of fused-ring (bicyclic) bond motifs is 1. The summed E-state index contributed by atoms with van der Waals surface area (Å²) in [6.07, 6.45) is 1.99. The Kier molecular flexibility index (Phi) is 4.62. The number of amides is 1. The Morgan fingerprint density at radius 1 is 1.17 bits per heavy atom. The fraction of sp³-hybridized carbons (Fsp3) is 0.167. The number of halogens is 1. The summed E-state index contributed by atoms with van der Waals surface area (Å²) in [6, 6.07) is 12.4. The molecule has 0 bridgehead atoms. The summed E-state index contributed by atoms with van der Waals surface area (Å²) in [6.45, 7) is 1.97. The molecule has 5 nitrogen and oxygen atoms in total. The Bertz CT molecular complexity index is 900. The largest absolute Gasteiger partial charge is 0.326 e. The molecule has 1 amide bonds. The monoisotopic (exact) mass is 341 g/mol. The van der Waals surface area contributed by atoms with E-state index in [0.29, 0.717) is 22.8 Å². The molecule has 0 atom stereocenters. The van der Waals surface area contributed by atoms with E-state index >= 15 is 0 Å². The van der Waals surface area contributed by atoms with Gasteiger partial charge in [-0.15, -0.1) is 0 Å². The first-order valence-corrected chi connectivity index (χ1v) is 7.93. The van der Waals surface area contributed by atoms with E-state index < -0.39 is 0 Å². The Balaban J connectivity index is 1.62. The van der Waals surface area contributed by atoms with E-state index in [4.69, 9.17) is 11.6 Å². The van der Waals surface area contributed by atoms with Crippen molar-refractivity contribution in [2.75, 3.05) is 5.32 Å². The number of hydrogen-bond donors (Lipinski definition) is 1. The van der Waals surface area contributed by atoms with Gasteiger partial charge >= 0.3 is 0 Å². The number of nitrogens with zero attached hydrogens (tertiary/aromatic N) is 2. The van der Waals surface area contributed by atoms with Crippen LogP contribution in [0.4, 0.5) is 5.69 Å². The lowest BCUT2D eigenvalue weighted by Gasteiger charge is -2.07. The third-order valence-electron chi connectivity index (χ3n) is 3.76. The molecule has 3 rings (SSSR count). The third-order valence-corrected chi connectivity index (χ3v) is 4.09. The highest BCUT2D eigenvalue weighted by molar-refractivity contribution is 6.35. The number of aromatic nitrogens is 2. The van der Waals surface area contributed by atoms with Gasteiger partial charge in [-0.1, -0.05) is 17.7 Å². The van der Waals surface area contributed by atoms with Crippen LogP contribution in [0.1, 0.15) is 23.7 Å². The van der Waals surface area contributed by atoms with Crippen molar-refractivity contribution in [3.05, 3.63) is 59.2 Å². The first-order chi connectivity index (χ1) is 11.5. The molecule has 0 aliphatic carbocycles. The first-order valence-electron chi connectivity index (χ1n) is 7.55. The van der Waals surface area contributed by atoms with E-state index in [1.807, 2.05) is 18.2 Å². The van der Waals surface area contributed by atoms with Crippen LogP contribution in [0.2, 0.25) is 5.02 Å². The molecule has 0 saturated heterocycles. The Morgan fingerprint density at radius 2 is 1.92 bits per heavy atom. The smallest absolute Gasteiger partial charge is 0.226 e.